The first-order valence-corrected chi connectivity index (χ1v) is 9.02. The zero-order chi connectivity index (χ0) is 17.1. The Morgan fingerprint density at radius 2 is 2.04 bits per heavy atom. The van der Waals surface area contributed by atoms with Crippen molar-refractivity contribution in [3.05, 3.63) is 50.4 Å². The lowest BCUT2D eigenvalue weighted by atomic mass is 10.2. The molecule has 24 heavy (non-hydrogen) atoms. The van der Waals surface area contributed by atoms with Crippen LogP contribution in [-0.4, -0.2) is 28.9 Å². The quantitative estimate of drug-likeness (QED) is 0.645. The SMILES string of the molecule is COc1ccc(-c2nc(=S)n(C[NH+](C)Cc3ccc(Cl)s3)[nH]2)cc1. The van der Waals surface area contributed by atoms with E-state index in [0.29, 0.717) is 11.4 Å². The standard InChI is InChI=1S/C16H17ClN4OS2/c1-20(9-13-7-8-14(17)24-13)10-21-16(23)18-15(19-21)11-3-5-12(22-2)6-4-11/h3-8H,9-10H2,1-2H3,(H,18,19,23)/p+1. The van der Waals surface area contributed by atoms with Crippen molar-refractivity contribution in [2.75, 3.05) is 14.2 Å². The van der Waals surface area contributed by atoms with Crippen LogP contribution in [0.4, 0.5) is 0 Å². The number of quaternary nitrogens is 1. The van der Waals surface area contributed by atoms with Gasteiger partial charge in [-0.15, -0.1) is 11.3 Å². The molecular weight excluding hydrogens is 364 g/mol. The third-order valence-corrected chi connectivity index (χ3v) is 5.12. The summed E-state index contributed by atoms with van der Waals surface area (Å²) >= 11 is 13.0. The Kier molecular flexibility index (Phi) is 5.35. The second kappa shape index (κ2) is 7.48. The van der Waals surface area contributed by atoms with Gasteiger partial charge < -0.3 is 9.64 Å². The molecule has 8 heteroatoms. The molecule has 126 valence electrons. The van der Waals surface area contributed by atoms with E-state index in [2.05, 4.69) is 23.2 Å². The van der Waals surface area contributed by atoms with Crippen LogP contribution in [0.1, 0.15) is 4.88 Å². The molecule has 0 saturated heterocycles. The maximum atomic E-state index is 5.98. The van der Waals surface area contributed by atoms with E-state index in [4.69, 9.17) is 28.6 Å². The van der Waals surface area contributed by atoms with E-state index in [-0.39, 0.29) is 0 Å². The van der Waals surface area contributed by atoms with Gasteiger partial charge in [0.1, 0.15) is 12.3 Å². The third kappa shape index (κ3) is 4.05. The molecule has 0 bridgehead atoms. The Labute approximate surface area is 154 Å². The van der Waals surface area contributed by atoms with Crippen molar-refractivity contribution in [3.8, 4) is 17.1 Å². The molecular formula is C16H18ClN4OS2+. The minimum absolute atomic E-state index is 0.546. The summed E-state index contributed by atoms with van der Waals surface area (Å²) in [5, 5.41) is 3.27. The van der Waals surface area contributed by atoms with Crippen LogP contribution in [-0.2, 0) is 13.2 Å². The Bertz CT molecular complexity index is 869. The number of halogens is 1. The van der Waals surface area contributed by atoms with Gasteiger partial charge in [-0.05, 0) is 48.6 Å². The average Bonchev–Trinajstić information content (AvgIpc) is 3.13. The molecule has 1 atom stereocenters. The molecule has 0 aliphatic rings. The molecule has 0 amide bonds. The summed E-state index contributed by atoms with van der Waals surface area (Å²) in [6.45, 7) is 1.59. The number of hydrogen-bond acceptors (Lipinski definition) is 4. The fraction of sp³-hybridized carbons (Fsp3) is 0.250. The summed E-state index contributed by atoms with van der Waals surface area (Å²) in [6, 6.07) is 11.7. The minimum atomic E-state index is 0.546. The molecule has 0 radical (unpaired) electrons. The molecule has 0 spiro atoms. The number of nitrogens with one attached hydrogen (secondary N) is 2. The normalized spacial score (nSPS) is 12.3. The molecule has 1 unspecified atom stereocenters. The van der Waals surface area contributed by atoms with Gasteiger partial charge in [0.2, 0.25) is 4.77 Å². The van der Waals surface area contributed by atoms with Crippen molar-refractivity contribution >= 4 is 35.2 Å². The predicted molar refractivity (Wildman–Crippen MR) is 99.3 cm³/mol. The zero-order valence-corrected chi connectivity index (χ0v) is 15.8. The van der Waals surface area contributed by atoms with Gasteiger partial charge in [-0.3, -0.25) is 5.10 Å². The van der Waals surface area contributed by atoms with Gasteiger partial charge in [0, 0.05) is 5.56 Å². The number of aromatic nitrogens is 3. The van der Waals surface area contributed by atoms with Crippen LogP contribution in [0, 0.1) is 4.77 Å². The van der Waals surface area contributed by atoms with Crippen LogP contribution in [0.2, 0.25) is 4.34 Å². The van der Waals surface area contributed by atoms with Crippen molar-refractivity contribution in [2.24, 2.45) is 0 Å². The van der Waals surface area contributed by atoms with E-state index in [0.717, 1.165) is 28.0 Å². The Morgan fingerprint density at radius 3 is 2.67 bits per heavy atom. The number of thiophene rings is 1. The van der Waals surface area contributed by atoms with Crippen LogP contribution >= 0.6 is 35.2 Å². The highest BCUT2D eigenvalue weighted by Gasteiger charge is 2.11. The average molecular weight is 382 g/mol. The smallest absolute Gasteiger partial charge is 0.221 e. The van der Waals surface area contributed by atoms with Gasteiger partial charge in [0.05, 0.1) is 23.4 Å². The van der Waals surface area contributed by atoms with E-state index in [1.54, 1.807) is 18.4 Å². The third-order valence-electron chi connectivity index (χ3n) is 3.58. The van der Waals surface area contributed by atoms with Crippen molar-refractivity contribution in [1.82, 2.24) is 14.8 Å². The molecule has 0 aliphatic heterocycles. The number of benzene rings is 1. The van der Waals surface area contributed by atoms with Crippen LogP contribution in [0.5, 0.6) is 5.75 Å². The second-order valence-electron chi connectivity index (χ2n) is 5.51. The van der Waals surface area contributed by atoms with Crippen LogP contribution < -0.4 is 9.64 Å². The zero-order valence-electron chi connectivity index (χ0n) is 13.4. The molecule has 5 nitrogen and oxygen atoms in total. The minimum Gasteiger partial charge on any atom is -0.497 e. The number of hydrogen-bond donors (Lipinski definition) is 2. The predicted octanol–water partition coefficient (Wildman–Crippen LogP) is 3.00. The first kappa shape index (κ1) is 17.2. The summed E-state index contributed by atoms with van der Waals surface area (Å²) < 4.78 is 8.43. The topological polar surface area (TPSA) is 47.3 Å². The second-order valence-corrected chi connectivity index (χ2v) is 7.67. The van der Waals surface area contributed by atoms with Gasteiger partial charge >= 0.3 is 0 Å². The van der Waals surface area contributed by atoms with Crippen LogP contribution in [0.25, 0.3) is 11.4 Å². The number of rotatable bonds is 6. The Hall–Kier alpha value is -1.67. The van der Waals surface area contributed by atoms with Gasteiger partial charge in [0.25, 0.3) is 0 Å². The lowest BCUT2D eigenvalue weighted by molar-refractivity contribution is -0.917. The molecule has 0 fully saturated rings. The molecule has 0 saturated carbocycles. The number of aromatic amines is 1. The lowest BCUT2D eigenvalue weighted by Crippen LogP contribution is -3.06. The molecule has 2 heterocycles. The van der Waals surface area contributed by atoms with Crippen molar-refractivity contribution < 1.29 is 9.64 Å². The number of ether oxygens (including phenoxy) is 1. The number of H-pyrrole nitrogens is 1. The Balaban J connectivity index is 1.72. The highest BCUT2D eigenvalue weighted by atomic mass is 35.5. The summed E-state index contributed by atoms with van der Waals surface area (Å²) in [6.07, 6.45) is 0. The van der Waals surface area contributed by atoms with E-state index >= 15 is 0 Å². The number of methoxy groups -OCH3 is 1. The van der Waals surface area contributed by atoms with Crippen LogP contribution in [0.3, 0.4) is 0 Å². The van der Waals surface area contributed by atoms with Gasteiger partial charge in [0.15, 0.2) is 12.5 Å². The lowest BCUT2D eigenvalue weighted by Gasteiger charge is -2.12. The summed E-state index contributed by atoms with van der Waals surface area (Å²) in [5.41, 5.74) is 0.975. The molecule has 0 aliphatic carbocycles. The Morgan fingerprint density at radius 1 is 1.29 bits per heavy atom. The molecule has 2 N–H and O–H groups in total. The largest absolute Gasteiger partial charge is 0.497 e. The highest BCUT2D eigenvalue weighted by Crippen LogP contribution is 2.20. The summed E-state index contributed by atoms with van der Waals surface area (Å²) in [4.78, 5) is 6.99. The molecule has 3 rings (SSSR count). The summed E-state index contributed by atoms with van der Waals surface area (Å²) in [7, 11) is 3.76. The number of nitrogens with zero attached hydrogens (tertiary/aromatic N) is 2. The van der Waals surface area contributed by atoms with Gasteiger partial charge in [-0.1, -0.05) is 11.6 Å². The maximum absolute atomic E-state index is 5.98. The van der Waals surface area contributed by atoms with Crippen molar-refractivity contribution in [1.29, 1.82) is 0 Å². The molecule has 1 aromatic carbocycles. The van der Waals surface area contributed by atoms with Crippen molar-refractivity contribution in [2.45, 2.75) is 13.2 Å². The first-order valence-electron chi connectivity index (χ1n) is 7.42. The first-order chi connectivity index (χ1) is 11.5. The van der Waals surface area contributed by atoms with Crippen LogP contribution in [0.15, 0.2) is 36.4 Å². The van der Waals surface area contributed by atoms with Gasteiger partial charge in [-0.2, -0.15) is 4.98 Å². The summed E-state index contributed by atoms with van der Waals surface area (Å²) in [5.74, 6) is 1.57. The fourth-order valence-electron chi connectivity index (χ4n) is 2.41. The van der Waals surface area contributed by atoms with Crippen molar-refractivity contribution in [3.63, 3.8) is 0 Å². The monoisotopic (exact) mass is 381 g/mol. The van der Waals surface area contributed by atoms with Gasteiger partial charge in [-0.25, -0.2) is 4.68 Å². The fourth-order valence-corrected chi connectivity index (χ4v) is 3.81. The highest BCUT2D eigenvalue weighted by molar-refractivity contribution is 7.71. The molecule has 3 aromatic rings. The van der Waals surface area contributed by atoms with E-state index in [9.17, 15) is 0 Å². The molecule has 2 aromatic heterocycles. The van der Waals surface area contributed by atoms with E-state index in [1.165, 1.54) is 9.78 Å². The maximum Gasteiger partial charge on any atom is 0.221 e. The van der Waals surface area contributed by atoms with E-state index in [1.807, 2.05) is 35.0 Å². The van der Waals surface area contributed by atoms with E-state index < -0.39 is 0 Å².